The molecule has 4 rings (SSSR count). The van der Waals surface area contributed by atoms with E-state index in [1.165, 1.54) is 25.3 Å². The van der Waals surface area contributed by atoms with Crippen LogP contribution < -0.4 is 14.8 Å². The van der Waals surface area contributed by atoms with Crippen LogP contribution in [0.2, 0.25) is 5.02 Å². The molecule has 0 spiro atoms. The number of aryl methyl sites for hydroxylation is 1. The number of ether oxygens (including phenoxy) is 2. The van der Waals surface area contributed by atoms with Crippen molar-refractivity contribution in [1.82, 2.24) is 4.90 Å². The smallest absolute Gasteiger partial charge is 0.294 e. The minimum absolute atomic E-state index is 0.141. The number of hydrogen-bond acceptors (Lipinski definition) is 6. The molecule has 1 aliphatic rings. The van der Waals surface area contributed by atoms with E-state index in [4.69, 9.17) is 21.1 Å². The van der Waals surface area contributed by atoms with Gasteiger partial charge in [0.1, 0.15) is 19.0 Å². The average Bonchev–Trinajstić information content (AvgIpc) is 3.16. The molecule has 7 nitrogen and oxygen atoms in total. The Kier molecular flexibility index (Phi) is 8.70. The second kappa shape index (κ2) is 12.1. The molecule has 0 saturated carbocycles. The van der Waals surface area contributed by atoms with Crippen molar-refractivity contribution in [2.24, 2.45) is 0 Å². The lowest BCUT2D eigenvalue weighted by atomic mass is 10.1. The number of anilines is 1. The highest BCUT2D eigenvalue weighted by molar-refractivity contribution is 8.18. The number of methoxy groups -OCH3 is 1. The molecule has 1 heterocycles. The standard InChI is InChI=1S/C28H24ClFN2O5S/c1-3-17-7-10-19(11-8-17)31-26(33)15-32-27(34)25(38-28(32)35)14-18-9-12-23(36-2)24(13-18)37-16-20-21(29)5-4-6-22(20)30/h4-14H,3,15-16H2,1-2H3,(H,31,33)/b25-14+. The Morgan fingerprint density at radius 1 is 1.11 bits per heavy atom. The van der Waals surface area contributed by atoms with E-state index in [1.54, 1.807) is 36.4 Å². The summed E-state index contributed by atoms with van der Waals surface area (Å²) in [7, 11) is 1.46. The Morgan fingerprint density at radius 3 is 2.55 bits per heavy atom. The van der Waals surface area contributed by atoms with Crippen LogP contribution in [0.15, 0.2) is 65.6 Å². The van der Waals surface area contributed by atoms with Crippen LogP contribution in [0.1, 0.15) is 23.6 Å². The quantitative estimate of drug-likeness (QED) is 0.312. The van der Waals surface area contributed by atoms with Crippen molar-refractivity contribution in [3.05, 3.63) is 93.1 Å². The largest absolute Gasteiger partial charge is 0.493 e. The molecule has 1 saturated heterocycles. The van der Waals surface area contributed by atoms with E-state index in [0.717, 1.165) is 28.6 Å². The number of halogens is 2. The predicted molar refractivity (Wildman–Crippen MR) is 146 cm³/mol. The highest BCUT2D eigenvalue weighted by Crippen LogP contribution is 2.35. The van der Waals surface area contributed by atoms with E-state index in [0.29, 0.717) is 22.7 Å². The number of carbonyl (C=O) groups is 3. The van der Waals surface area contributed by atoms with E-state index in [2.05, 4.69) is 5.32 Å². The van der Waals surface area contributed by atoms with E-state index in [1.807, 2.05) is 19.1 Å². The van der Waals surface area contributed by atoms with Crippen molar-refractivity contribution in [2.45, 2.75) is 20.0 Å². The van der Waals surface area contributed by atoms with Crippen molar-refractivity contribution in [1.29, 1.82) is 0 Å². The number of nitrogens with zero attached hydrogens (tertiary/aromatic N) is 1. The maximum Gasteiger partial charge on any atom is 0.294 e. The molecule has 196 valence electrons. The van der Waals surface area contributed by atoms with Gasteiger partial charge in [-0.15, -0.1) is 0 Å². The summed E-state index contributed by atoms with van der Waals surface area (Å²) in [6.07, 6.45) is 2.40. The fourth-order valence-corrected chi connectivity index (χ4v) is 4.73. The first-order valence-corrected chi connectivity index (χ1v) is 12.9. The van der Waals surface area contributed by atoms with Crippen LogP contribution in [0, 0.1) is 5.82 Å². The topological polar surface area (TPSA) is 84.9 Å². The van der Waals surface area contributed by atoms with Gasteiger partial charge in [0.2, 0.25) is 5.91 Å². The average molecular weight is 555 g/mol. The second-order valence-electron chi connectivity index (χ2n) is 8.27. The lowest BCUT2D eigenvalue weighted by Gasteiger charge is -2.13. The summed E-state index contributed by atoms with van der Waals surface area (Å²) >= 11 is 6.82. The van der Waals surface area contributed by atoms with Crippen LogP contribution in [0.25, 0.3) is 6.08 Å². The molecule has 1 aliphatic heterocycles. The third-order valence-electron chi connectivity index (χ3n) is 5.74. The van der Waals surface area contributed by atoms with Gasteiger partial charge in [-0.3, -0.25) is 19.3 Å². The lowest BCUT2D eigenvalue weighted by Crippen LogP contribution is -2.36. The number of thioether (sulfide) groups is 1. The maximum atomic E-state index is 14.1. The Bertz CT molecular complexity index is 1390. The highest BCUT2D eigenvalue weighted by Gasteiger charge is 2.36. The number of hydrogen-bond donors (Lipinski definition) is 1. The first kappa shape index (κ1) is 27.2. The molecule has 0 bridgehead atoms. The molecule has 38 heavy (non-hydrogen) atoms. The van der Waals surface area contributed by atoms with Gasteiger partial charge in [0, 0.05) is 11.3 Å². The van der Waals surface area contributed by atoms with E-state index >= 15 is 0 Å². The zero-order chi connectivity index (χ0) is 27.2. The molecule has 0 radical (unpaired) electrons. The Hall–Kier alpha value is -3.82. The minimum Gasteiger partial charge on any atom is -0.493 e. The molecule has 10 heteroatoms. The van der Waals surface area contributed by atoms with Crippen LogP contribution in [0.5, 0.6) is 11.5 Å². The maximum absolute atomic E-state index is 14.1. The van der Waals surface area contributed by atoms with E-state index in [-0.39, 0.29) is 22.1 Å². The van der Waals surface area contributed by atoms with Crippen LogP contribution >= 0.6 is 23.4 Å². The number of nitrogens with one attached hydrogen (secondary N) is 1. The molecule has 3 amide bonds. The van der Waals surface area contributed by atoms with Crippen LogP contribution in [-0.4, -0.2) is 35.6 Å². The monoisotopic (exact) mass is 554 g/mol. The Balaban J connectivity index is 1.46. The van der Waals surface area contributed by atoms with Crippen molar-refractivity contribution < 1.29 is 28.2 Å². The summed E-state index contributed by atoms with van der Waals surface area (Å²) in [5.41, 5.74) is 2.45. The number of rotatable bonds is 9. The summed E-state index contributed by atoms with van der Waals surface area (Å²) in [6.45, 7) is 1.48. The summed E-state index contributed by atoms with van der Waals surface area (Å²) in [5, 5.41) is 2.39. The van der Waals surface area contributed by atoms with Gasteiger partial charge in [-0.2, -0.15) is 0 Å². The van der Waals surface area contributed by atoms with Gasteiger partial charge >= 0.3 is 0 Å². The van der Waals surface area contributed by atoms with E-state index in [9.17, 15) is 18.8 Å². The van der Waals surface area contributed by atoms with Gasteiger partial charge in [0.05, 0.1) is 17.0 Å². The second-order valence-corrected chi connectivity index (χ2v) is 9.67. The molecule has 1 fully saturated rings. The normalized spacial score (nSPS) is 14.2. The van der Waals surface area contributed by atoms with Crippen LogP contribution in [-0.2, 0) is 22.6 Å². The summed E-state index contributed by atoms with van der Waals surface area (Å²) < 4.78 is 25.2. The molecule has 0 unspecified atom stereocenters. The number of imide groups is 1. The zero-order valence-electron chi connectivity index (χ0n) is 20.6. The SMILES string of the molecule is CCc1ccc(NC(=O)CN2C(=O)S/C(=C/c3ccc(OC)c(OCc4c(F)cccc4Cl)c3)C2=O)cc1. The lowest BCUT2D eigenvalue weighted by molar-refractivity contribution is -0.127. The molecule has 3 aromatic rings. The number of benzene rings is 3. The highest BCUT2D eigenvalue weighted by atomic mass is 35.5. The van der Waals surface area contributed by atoms with Gasteiger partial charge in [-0.1, -0.05) is 42.8 Å². The van der Waals surface area contributed by atoms with Gasteiger partial charge in [0.25, 0.3) is 11.1 Å². The summed E-state index contributed by atoms with van der Waals surface area (Å²) in [6, 6.07) is 16.6. The zero-order valence-corrected chi connectivity index (χ0v) is 22.2. The van der Waals surface area contributed by atoms with Gasteiger partial charge < -0.3 is 14.8 Å². The third-order valence-corrected chi connectivity index (χ3v) is 7.00. The third kappa shape index (κ3) is 6.35. The first-order chi connectivity index (χ1) is 18.3. The molecule has 0 aromatic heterocycles. The van der Waals surface area contributed by atoms with Crippen LogP contribution in [0.3, 0.4) is 0 Å². The molecule has 0 atom stereocenters. The van der Waals surface area contributed by atoms with Crippen molar-refractivity contribution in [3.63, 3.8) is 0 Å². The summed E-state index contributed by atoms with van der Waals surface area (Å²) in [5.74, 6) is -0.861. The first-order valence-electron chi connectivity index (χ1n) is 11.7. The Morgan fingerprint density at radius 2 is 1.87 bits per heavy atom. The van der Waals surface area contributed by atoms with Gasteiger partial charge in [-0.05, 0) is 71.8 Å². The molecular formula is C28H24ClFN2O5S. The predicted octanol–water partition coefficient (Wildman–Crippen LogP) is 6.30. The number of amides is 3. The van der Waals surface area contributed by atoms with Crippen molar-refractivity contribution in [3.8, 4) is 11.5 Å². The van der Waals surface area contributed by atoms with Crippen molar-refractivity contribution in [2.75, 3.05) is 19.0 Å². The minimum atomic E-state index is -0.576. The fraction of sp³-hybridized carbons (Fsp3) is 0.179. The number of carbonyl (C=O) groups excluding carboxylic acids is 3. The van der Waals surface area contributed by atoms with E-state index < -0.39 is 29.4 Å². The molecule has 3 aromatic carbocycles. The molecular weight excluding hydrogens is 531 g/mol. The Labute approximate surface area is 228 Å². The summed E-state index contributed by atoms with van der Waals surface area (Å²) in [4.78, 5) is 38.9. The van der Waals surface area contributed by atoms with Crippen molar-refractivity contribution >= 4 is 52.2 Å². The van der Waals surface area contributed by atoms with Crippen LogP contribution in [0.4, 0.5) is 14.9 Å². The van der Waals surface area contributed by atoms with Gasteiger partial charge in [-0.25, -0.2) is 4.39 Å². The fourth-order valence-electron chi connectivity index (χ4n) is 3.67. The van der Waals surface area contributed by atoms with Gasteiger partial charge in [0.15, 0.2) is 11.5 Å². The molecule has 0 aliphatic carbocycles. The molecule has 1 N–H and O–H groups in total.